The van der Waals surface area contributed by atoms with Crippen LogP contribution in [0.1, 0.15) is 5.56 Å². The topological polar surface area (TPSA) is 52.5 Å². The predicted molar refractivity (Wildman–Crippen MR) is 71.2 cm³/mol. The maximum absolute atomic E-state index is 9.37. The molecule has 3 nitrogen and oxygen atoms in total. The van der Waals surface area contributed by atoms with Crippen LogP contribution in [0.3, 0.4) is 0 Å². The van der Waals surface area contributed by atoms with E-state index in [0.717, 1.165) is 11.3 Å². The molecule has 0 aromatic heterocycles. The fourth-order valence-corrected chi connectivity index (χ4v) is 1.91. The molecule has 0 bridgehead atoms. The lowest BCUT2D eigenvalue weighted by Crippen LogP contribution is -1.98. The second-order valence-corrected chi connectivity index (χ2v) is 4.54. The summed E-state index contributed by atoms with van der Waals surface area (Å²) in [4.78, 5) is 0. The molecule has 0 aliphatic carbocycles. The molecule has 2 rings (SSSR count). The zero-order valence-electron chi connectivity index (χ0n) is 9.02. The van der Waals surface area contributed by atoms with Gasteiger partial charge in [-0.25, -0.2) is 0 Å². The van der Waals surface area contributed by atoms with Gasteiger partial charge in [0.25, 0.3) is 0 Å². The van der Waals surface area contributed by atoms with Gasteiger partial charge in [-0.1, -0.05) is 12.1 Å². The Labute approximate surface area is 108 Å². The van der Waals surface area contributed by atoms with Crippen molar-refractivity contribution in [1.82, 2.24) is 0 Å². The van der Waals surface area contributed by atoms with Crippen LogP contribution in [-0.2, 0) is 6.54 Å². The molecule has 0 spiro atoms. The summed E-state index contributed by atoms with van der Waals surface area (Å²) in [5, 5.41) is 21.9. The van der Waals surface area contributed by atoms with Crippen LogP contribution < -0.4 is 5.32 Å². The van der Waals surface area contributed by atoms with Crippen molar-refractivity contribution >= 4 is 21.6 Å². The van der Waals surface area contributed by atoms with Crippen LogP contribution >= 0.6 is 15.9 Å². The van der Waals surface area contributed by atoms with Crippen LogP contribution in [-0.4, -0.2) is 10.2 Å². The van der Waals surface area contributed by atoms with Gasteiger partial charge in [-0.2, -0.15) is 0 Å². The molecule has 3 N–H and O–H groups in total. The summed E-state index contributed by atoms with van der Waals surface area (Å²) in [6.07, 6.45) is 0. The number of rotatable bonds is 3. The number of halogens is 1. The third-order valence-corrected chi connectivity index (χ3v) is 2.99. The van der Waals surface area contributed by atoms with Gasteiger partial charge in [-0.15, -0.1) is 0 Å². The minimum Gasteiger partial charge on any atom is -0.508 e. The lowest BCUT2D eigenvalue weighted by atomic mass is 10.2. The number of hydrogen-bond acceptors (Lipinski definition) is 3. The highest BCUT2D eigenvalue weighted by atomic mass is 79.9. The normalized spacial score (nSPS) is 10.2. The summed E-state index contributed by atoms with van der Waals surface area (Å²) in [5.74, 6) is 0.466. The molecule has 0 heterocycles. The number of nitrogens with one attached hydrogen (secondary N) is 1. The van der Waals surface area contributed by atoms with Crippen LogP contribution in [0.25, 0.3) is 0 Å². The van der Waals surface area contributed by atoms with Crippen LogP contribution in [0.15, 0.2) is 46.9 Å². The van der Waals surface area contributed by atoms with E-state index in [1.54, 1.807) is 24.3 Å². The number of hydrogen-bond donors (Lipinski definition) is 3. The van der Waals surface area contributed by atoms with Crippen molar-refractivity contribution in [1.29, 1.82) is 0 Å². The molecule has 2 aromatic rings. The van der Waals surface area contributed by atoms with E-state index in [-0.39, 0.29) is 11.5 Å². The van der Waals surface area contributed by atoms with Gasteiger partial charge in [0.1, 0.15) is 11.5 Å². The molecule has 17 heavy (non-hydrogen) atoms. The van der Waals surface area contributed by atoms with Crippen LogP contribution in [0.4, 0.5) is 5.69 Å². The summed E-state index contributed by atoms with van der Waals surface area (Å²) in [6, 6.07) is 12.3. The minimum atomic E-state index is 0.228. The highest BCUT2D eigenvalue weighted by Crippen LogP contribution is 2.25. The number of aromatic hydroxyl groups is 2. The van der Waals surface area contributed by atoms with Crippen LogP contribution in [0, 0.1) is 0 Å². The Morgan fingerprint density at radius 3 is 2.59 bits per heavy atom. The molecule has 88 valence electrons. The first-order valence-corrected chi connectivity index (χ1v) is 5.95. The van der Waals surface area contributed by atoms with Gasteiger partial charge in [0.2, 0.25) is 0 Å². The summed E-state index contributed by atoms with van der Waals surface area (Å²) >= 11 is 3.27. The number of anilines is 1. The van der Waals surface area contributed by atoms with Gasteiger partial charge in [0, 0.05) is 18.3 Å². The fraction of sp³-hybridized carbons (Fsp3) is 0.0769. The van der Waals surface area contributed by atoms with E-state index in [1.165, 1.54) is 0 Å². The molecule has 4 heteroatoms. The molecule has 0 aliphatic heterocycles. The molecule has 0 saturated heterocycles. The minimum absolute atomic E-state index is 0.228. The average Bonchev–Trinajstić information content (AvgIpc) is 2.31. The summed E-state index contributed by atoms with van der Waals surface area (Å²) < 4.78 is 0.674. The average molecular weight is 294 g/mol. The molecule has 0 fully saturated rings. The van der Waals surface area contributed by atoms with Crippen LogP contribution in [0.5, 0.6) is 11.5 Å². The maximum atomic E-state index is 9.37. The molecular weight excluding hydrogens is 282 g/mol. The van der Waals surface area contributed by atoms with Gasteiger partial charge >= 0.3 is 0 Å². The number of phenols is 2. The third kappa shape index (κ3) is 3.14. The molecule has 0 amide bonds. The Bertz CT molecular complexity index is 529. The monoisotopic (exact) mass is 293 g/mol. The summed E-state index contributed by atoms with van der Waals surface area (Å²) in [6.45, 7) is 0.627. The molecule has 0 atom stereocenters. The smallest absolute Gasteiger partial charge is 0.129 e. The van der Waals surface area contributed by atoms with E-state index in [1.807, 2.05) is 18.2 Å². The second kappa shape index (κ2) is 5.10. The van der Waals surface area contributed by atoms with E-state index < -0.39 is 0 Å². The van der Waals surface area contributed by atoms with Gasteiger partial charge in [-0.3, -0.25) is 0 Å². The van der Waals surface area contributed by atoms with Crippen molar-refractivity contribution < 1.29 is 10.2 Å². The Morgan fingerprint density at radius 2 is 1.88 bits per heavy atom. The fourth-order valence-electron chi connectivity index (χ4n) is 1.48. The Morgan fingerprint density at radius 1 is 1.06 bits per heavy atom. The van der Waals surface area contributed by atoms with Crippen molar-refractivity contribution in [3.8, 4) is 11.5 Å². The molecule has 0 unspecified atom stereocenters. The molecule has 0 radical (unpaired) electrons. The number of benzene rings is 2. The SMILES string of the molecule is Oc1cccc(NCc2ccc(O)c(Br)c2)c1. The van der Waals surface area contributed by atoms with Gasteiger partial charge in [0.15, 0.2) is 0 Å². The zero-order valence-corrected chi connectivity index (χ0v) is 10.6. The maximum Gasteiger partial charge on any atom is 0.129 e. The van der Waals surface area contributed by atoms with Gasteiger partial charge in [0.05, 0.1) is 4.47 Å². The zero-order chi connectivity index (χ0) is 12.3. The quantitative estimate of drug-likeness (QED) is 0.812. The van der Waals surface area contributed by atoms with E-state index in [4.69, 9.17) is 0 Å². The third-order valence-electron chi connectivity index (χ3n) is 2.35. The Kier molecular flexibility index (Phi) is 3.54. The summed E-state index contributed by atoms with van der Waals surface area (Å²) in [7, 11) is 0. The highest BCUT2D eigenvalue weighted by molar-refractivity contribution is 9.10. The van der Waals surface area contributed by atoms with Crippen molar-refractivity contribution in [2.75, 3.05) is 5.32 Å². The first kappa shape index (κ1) is 11.8. The van der Waals surface area contributed by atoms with E-state index in [2.05, 4.69) is 21.2 Å². The van der Waals surface area contributed by atoms with E-state index in [0.29, 0.717) is 11.0 Å². The molecule has 2 aromatic carbocycles. The van der Waals surface area contributed by atoms with Crippen molar-refractivity contribution in [2.24, 2.45) is 0 Å². The van der Waals surface area contributed by atoms with Gasteiger partial charge < -0.3 is 15.5 Å². The van der Waals surface area contributed by atoms with Crippen molar-refractivity contribution in [3.63, 3.8) is 0 Å². The second-order valence-electron chi connectivity index (χ2n) is 3.69. The first-order valence-electron chi connectivity index (χ1n) is 5.15. The highest BCUT2D eigenvalue weighted by Gasteiger charge is 2.00. The lowest BCUT2D eigenvalue weighted by Gasteiger charge is -2.07. The lowest BCUT2D eigenvalue weighted by molar-refractivity contribution is 0.471. The van der Waals surface area contributed by atoms with Crippen LogP contribution in [0.2, 0.25) is 0 Å². The standard InChI is InChI=1S/C13H12BrNO2/c14-12-6-9(4-5-13(12)17)8-15-10-2-1-3-11(16)7-10/h1-7,15-17H,8H2. The Hall–Kier alpha value is -1.68. The van der Waals surface area contributed by atoms with E-state index in [9.17, 15) is 10.2 Å². The molecular formula is C13H12BrNO2. The molecule has 0 aliphatic rings. The summed E-state index contributed by atoms with van der Waals surface area (Å²) in [5.41, 5.74) is 1.90. The van der Waals surface area contributed by atoms with Crippen molar-refractivity contribution in [3.05, 3.63) is 52.5 Å². The number of phenolic OH excluding ortho intramolecular Hbond substituents is 2. The molecule has 0 saturated carbocycles. The van der Waals surface area contributed by atoms with Crippen molar-refractivity contribution in [2.45, 2.75) is 6.54 Å². The largest absolute Gasteiger partial charge is 0.508 e. The first-order chi connectivity index (χ1) is 8.15. The van der Waals surface area contributed by atoms with Gasteiger partial charge in [-0.05, 0) is 45.8 Å². The van der Waals surface area contributed by atoms with E-state index >= 15 is 0 Å². The predicted octanol–water partition coefficient (Wildman–Crippen LogP) is 3.47. The Balaban J connectivity index is 2.05.